The molecule has 5 heteroatoms. The Balaban J connectivity index is 2.51. The SMILES string of the molecule is COC1C(O)CC(ON)OC1C. The maximum absolute atomic E-state index is 9.50. The van der Waals surface area contributed by atoms with Gasteiger partial charge in [-0.3, -0.25) is 4.84 Å². The monoisotopic (exact) mass is 177 g/mol. The van der Waals surface area contributed by atoms with E-state index in [0.29, 0.717) is 6.42 Å². The third-order valence-corrected chi connectivity index (χ3v) is 2.07. The summed E-state index contributed by atoms with van der Waals surface area (Å²) in [6, 6.07) is 0. The average molecular weight is 177 g/mol. The highest BCUT2D eigenvalue weighted by atomic mass is 16.8. The number of aliphatic hydroxyl groups is 1. The molecule has 0 aromatic carbocycles. The van der Waals surface area contributed by atoms with Crippen molar-refractivity contribution < 1.29 is 19.4 Å². The molecule has 1 aliphatic heterocycles. The predicted octanol–water partition coefficient (Wildman–Crippen LogP) is -0.612. The van der Waals surface area contributed by atoms with Gasteiger partial charge in [0.1, 0.15) is 6.10 Å². The molecule has 1 saturated heterocycles. The van der Waals surface area contributed by atoms with E-state index >= 15 is 0 Å². The standard InChI is InChI=1S/C7H15NO4/c1-4-7(10-2)5(9)3-6(11-4)12-8/h4-7,9H,3,8H2,1-2H3. The molecule has 1 aliphatic rings. The van der Waals surface area contributed by atoms with Crippen molar-refractivity contribution in [2.24, 2.45) is 5.90 Å². The Bertz CT molecular complexity index is 131. The summed E-state index contributed by atoms with van der Waals surface area (Å²) < 4.78 is 10.3. The zero-order valence-corrected chi connectivity index (χ0v) is 7.27. The molecule has 3 N–H and O–H groups in total. The normalized spacial score (nSPS) is 43.0. The van der Waals surface area contributed by atoms with E-state index in [0.717, 1.165) is 0 Å². The van der Waals surface area contributed by atoms with Crippen LogP contribution in [0.5, 0.6) is 0 Å². The van der Waals surface area contributed by atoms with Gasteiger partial charge in [0.25, 0.3) is 0 Å². The van der Waals surface area contributed by atoms with Crippen LogP contribution in [0.25, 0.3) is 0 Å². The summed E-state index contributed by atoms with van der Waals surface area (Å²) in [5.41, 5.74) is 0. The highest BCUT2D eigenvalue weighted by Gasteiger charge is 2.35. The van der Waals surface area contributed by atoms with Crippen LogP contribution in [0, 0.1) is 0 Å². The van der Waals surface area contributed by atoms with Crippen LogP contribution in [0.2, 0.25) is 0 Å². The van der Waals surface area contributed by atoms with Crippen molar-refractivity contribution in [1.29, 1.82) is 0 Å². The molecule has 0 aromatic heterocycles. The predicted molar refractivity (Wildman–Crippen MR) is 41.0 cm³/mol. The van der Waals surface area contributed by atoms with Gasteiger partial charge in [0, 0.05) is 13.5 Å². The van der Waals surface area contributed by atoms with Crippen LogP contribution in [0.15, 0.2) is 0 Å². The fraction of sp³-hybridized carbons (Fsp3) is 1.00. The van der Waals surface area contributed by atoms with E-state index in [4.69, 9.17) is 15.4 Å². The first-order valence-electron chi connectivity index (χ1n) is 3.91. The second-order valence-electron chi connectivity index (χ2n) is 2.91. The largest absolute Gasteiger partial charge is 0.390 e. The van der Waals surface area contributed by atoms with Gasteiger partial charge in [0.15, 0.2) is 6.29 Å². The quantitative estimate of drug-likeness (QED) is 0.550. The molecular weight excluding hydrogens is 162 g/mol. The summed E-state index contributed by atoms with van der Waals surface area (Å²) in [4.78, 5) is 4.49. The van der Waals surface area contributed by atoms with E-state index in [1.807, 2.05) is 6.92 Å². The lowest BCUT2D eigenvalue weighted by Crippen LogP contribution is -2.49. The van der Waals surface area contributed by atoms with Crippen LogP contribution >= 0.6 is 0 Å². The molecule has 1 rings (SSSR count). The zero-order valence-electron chi connectivity index (χ0n) is 7.27. The molecule has 0 saturated carbocycles. The third kappa shape index (κ3) is 1.94. The van der Waals surface area contributed by atoms with Crippen LogP contribution in [-0.4, -0.2) is 36.8 Å². The Hall–Kier alpha value is -0.200. The van der Waals surface area contributed by atoms with Gasteiger partial charge in [-0.05, 0) is 6.92 Å². The van der Waals surface area contributed by atoms with Crippen molar-refractivity contribution in [3.05, 3.63) is 0 Å². The van der Waals surface area contributed by atoms with Crippen LogP contribution in [0.4, 0.5) is 0 Å². The second kappa shape index (κ2) is 4.15. The third-order valence-electron chi connectivity index (χ3n) is 2.07. The van der Waals surface area contributed by atoms with E-state index in [9.17, 15) is 5.11 Å². The molecule has 0 spiro atoms. The number of hydrogen-bond acceptors (Lipinski definition) is 5. The molecule has 12 heavy (non-hydrogen) atoms. The maximum atomic E-state index is 9.50. The smallest absolute Gasteiger partial charge is 0.179 e. The number of methoxy groups -OCH3 is 1. The second-order valence-corrected chi connectivity index (χ2v) is 2.91. The molecule has 1 fully saturated rings. The highest BCUT2D eigenvalue weighted by molar-refractivity contribution is 4.80. The first-order chi connectivity index (χ1) is 5.69. The minimum atomic E-state index is -0.577. The fourth-order valence-corrected chi connectivity index (χ4v) is 1.45. The van der Waals surface area contributed by atoms with E-state index < -0.39 is 12.4 Å². The van der Waals surface area contributed by atoms with Crippen molar-refractivity contribution in [2.75, 3.05) is 7.11 Å². The van der Waals surface area contributed by atoms with Crippen molar-refractivity contribution in [2.45, 2.75) is 37.9 Å². The van der Waals surface area contributed by atoms with Gasteiger partial charge in [-0.2, -0.15) is 0 Å². The molecule has 4 unspecified atom stereocenters. The van der Waals surface area contributed by atoms with Crippen molar-refractivity contribution >= 4 is 0 Å². The van der Waals surface area contributed by atoms with Gasteiger partial charge in [0.2, 0.25) is 0 Å². The van der Waals surface area contributed by atoms with Gasteiger partial charge < -0.3 is 14.6 Å². The van der Waals surface area contributed by atoms with Gasteiger partial charge in [-0.25, -0.2) is 5.90 Å². The number of nitrogens with two attached hydrogens (primary N) is 1. The fourth-order valence-electron chi connectivity index (χ4n) is 1.45. The first kappa shape index (κ1) is 9.88. The van der Waals surface area contributed by atoms with Crippen molar-refractivity contribution in [3.63, 3.8) is 0 Å². The van der Waals surface area contributed by atoms with Crippen molar-refractivity contribution in [3.8, 4) is 0 Å². The molecule has 0 aromatic rings. The molecule has 5 nitrogen and oxygen atoms in total. The molecular formula is C7H15NO4. The summed E-state index contributed by atoms with van der Waals surface area (Å²) in [7, 11) is 1.54. The van der Waals surface area contributed by atoms with Crippen LogP contribution in [0.3, 0.4) is 0 Å². The Kier molecular flexibility index (Phi) is 3.42. The van der Waals surface area contributed by atoms with E-state index in [1.165, 1.54) is 7.11 Å². The van der Waals surface area contributed by atoms with E-state index in [1.54, 1.807) is 0 Å². The van der Waals surface area contributed by atoms with Gasteiger partial charge in [-0.15, -0.1) is 0 Å². The molecule has 0 amide bonds. The van der Waals surface area contributed by atoms with Gasteiger partial charge in [-0.1, -0.05) is 0 Å². The Morgan fingerprint density at radius 1 is 1.58 bits per heavy atom. The number of aliphatic hydroxyl groups excluding tert-OH is 1. The lowest BCUT2D eigenvalue weighted by molar-refractivity contribution is -0.252. The Morgan fingerprint density at radius 2 is 2.25 bits per heavy atom. The summed E-state index contributed by atoms with van der Waals surface area (Å²) in [6.07, 6.45) is -1.25. The van der Waals surface area contributed by atoms with Crippen molar-refractivity contribution in [1.82, 2.24) is 0 Å². The Labute approximate surface area is 71.4 Å². The minimum Gasteiger partial charge on any atom is -0.390 e. The first-order valence-corrected chi connectivity index (χ1v) is 3.91. The average Bonchev–Trinajstić information content (AvgIpc) is 2.03. The summed E-state index contributed by atoms with van der Waals surface area (Å²) in [5.74, 6) is 4.94. The lowest BCUT2D eigenvalue weighted by atomic mass is 10.0. The molecule has 0 bridgehead atoms. The molecule has 4 atom stereocenters. The van der Waals surface area contributed by atoms with E-state index in [2.05, 4.69) is 4.84 Å². The maximum Gasteiger partial charge on any atom is 0.179 e. The molecule has 1 heterocycles. The topological polar surface area (TPSA) is 73.9 Å². The summed E-state index contributed by atoms with van der Waals surface area (Å²) in [6.45, 7) is 1.81. The molecule has 72 valence electrons. The van der Waals surface area contributed by atoms with Crippen LogP contribution in [-0.2, 0) is 14.3 Å². The van der Waals surface area contributed by atoms with Gasteiger partial charge >= 0.3 is 0 Å². The Morgan fingerprint density at radius 3 is 2.67 bits per heavy atom. The zero-order chi connectivity index (χ0) is 9.14. The lowest BCUT2D eigenvalue weighted by Gasteiger charge is -2.36. The van der Waals surface area contributed by atoms with E-state index in [-0.39, 0.29) is 12.2 Å². The summed E-state index contributed by atoms with van der Waals surface area (Å²) >= 11 is 0. The highest BCUT2D eigenvalue weighted by Crippen LogP contribution is 2.21. The van der Waals surface area contributed by atoms with Crippen LogP contribution < -0.4 is 5.90 Å². The number of hydrogen-bond donors (Lipinski definition) is 2. The number of rotatable bonds is 2. The summed E-state index contributed by atoms with van der Waals surface area (Å²) in [5, 5.41) is 9.50. The van der Waals surface area contributed by atoms with Gasteiger partial charge in [0.05, 0.1) is 12.2 Å². The molecule has 0 aliphatic carbocycles. The van der Waals surface area contributed by atoms with Crippen LogP contribution in [0.1, 0.15) is 13.3 Å². The minimum absolute atomic E-state index is 0.202. The number of ether oxygens (including phenoxy) is 2. The molecule has 0 radical (unpaired) electrons.